The van der Waals surface area contributed by atoms with E-state index in [2.05, 4.69) is 20.1 Å². The third-order valence-corrected chi connectivity index (χ3v) is 3.59. The number of rotatable bonds is 9. The lowest BCUT2D eigenvalue weighted by molar-refractivity contribution is -0.374. The molecule has 0 radical (unpaired) electrons. The third-order valence-electron chi connectivity index (χ3n) is 3.59. The molecule has 0 heterocycles. The topological polar surface area (TPSA) is 93.7 Å². The number of carbonyl (C=O) groups is 3. The molecule has 166 valence electrons. The highest BCUT2D eigenvalue weighted by Crippen LogP contribution is 2.36. The molecule has 12 heteroatoms. The average molecular weight is 438 g/mol. The molecule has 2 unspecified atom stereocenters. The van der Waals surface area contributed by atoms with Crippen LogP contribution in [0.15, 0.2) is 42.6 Å². The molecule has 0 saturated heterocycles. The predicted molar refractivity (Wildman–Crippen MR) is 92.9 cm³/mol. The molecule has 0 fully saturated rings. The summed E-state index contributed by atoms with van der Waals surface area (Å²) >= 11 is 0. The number of ether oxygens (including phenoxy) is 2. The van der Waals surface area contributed by atoms with Crippen LogP contribution >= 0.6 is 0 Å². The molecule has 2 N–H and O–H groups in total. The lowest BCUT2D eigenvalue weighted by Crippen LogP contribution is -2.49. The summed E-state index contributed by atoms with van der Waals surface area (Å²) < 4.78 is 69.1. The molecule has 1 rings (SSSR count). The predicted octanol–water partition coefficient (Wildman–Crippen LogP) is 2.08. The van der Waals surface area contributed by atoms with Crippen molar-refractivity contribution in [2.45, 2.75) is 37.7 Å². The summed E-state index contributed by atoms with van der Waals surface area (Å²) in [5.74, 6) is -3.42. The SMILES string of the molecule is COC(=O)C(C)NC(=O)C(Cc1ccccc1)N/C=C/C(=O)OC(F)(F)C(F)(F)F. The molecule has 0 bridgehead atoms. The summed E-state index contributed by atoms with van der Waals surface area (Å²) in [5, 5.41) is 4.77. The number of methoxy groups -OCH3 is 1. The summed E-state index contributed by atoms with van der Waals surface area (Å²) in [6.07, 6.45) is -10.7. The Morgan fingerprint density at radius 2 is 1.70 bits per heavy atom. The van der Waals surface area contributed by atoms with Gasteiger partial charge in [0.05, 0.1) is 7.11 Å². The maximum absolute atomic E-state index is 12.7. The van der Waals surface area contributed by atoms with Gasteiger partial charge in [0.1, 0.15) is 12.1 Å². The Hall–Kier alpha value is -3.18. The number of alkyl halides is 5. The van der Waals surface area contributed by atoms with Crippen molar-refractivity contribution in [2.75, 3.05) is 7.11 Å². The van der Waals surface area contributed by atoms with Crippen molar-refractivity contribution in [3.63, 3.8) is 0 Å². The number of esters is 2. The van der Waals surface area contributed by atoms with Crippen LogP contribution in [-0.2, 0) is 30.3 Å². The number of benzene rings is 1. The second-order valence-electron chi connectivity index (χ2n) is 5.93. The lowest BCUT2D eigenvalue weighted by atomic mass is 10.1. The van der Waals surface area contributed by atoms with Crippen LogP contribution in [0.1, 0.15) is 12.5 Å². The van der Waals surface area contributed by atoms with Crippen molar-refractivity contribution in [3.05, 3.63) is 48.2 Å². The smallest absolute Gasteiger partial charge is 0.467 e. The highest BCUT2D eigenvalue weighted by Gasteiger charge is 2.61. The zero-order valence-electron chi connectivity index (χ0n) is 15.8. The van der Waals surface area contributed by atoms with Gasteiger partial charge < -0.3 is 20.1 Å². The van der Waals surface area contributed by atoms with Gasteiger partial charge in [-0.1, -0.05) is 30.3 Å². The largest absolute Gasteiger partial charge is 0.501 e. The number of hydrogen-bond acceptors (Lipinski definition) is 6. The summed E-state index contributed by atoms with van der Waals surface area (Å²) in [6.45, 7) is 1.36. The quantitative estimate of drug-likeness (QED) is 0.348. The van der Waals surface area contributed by atoms with Crippen LogP contribution in [0.5, 0.6) is 0 Å². The van der Waals surface area contributed by atoms with Gasteiger partial charge in [0.25, 0.3) is 0 Å². The minimum absolute atomic E-state index is 0.0403. The molecular formula is C18H19F5N2O5. The maximum atomic E-state index is 12.7. The molecule has 0 spiro atoms. The molecule has 1 amide bonds. The third kappa shape index (κ3) is 7.68. The van der Waals surface area contributed by atoms with E-state index in [1.54, 1.807) is 30.3 Å². The van der Waals surface area contributed by atoms with Crippen LogP contribution in [0.25, 0.3) is 0 Å². The van der Waals surface area contributed by atoms with E-state index in [-0.39, 0.29) is 12.5 Å². The van der Waals surface area contributed by atoms with Crippen LogP contribution in [0, 0.1) is 0 Å². The Morgan fingerprint density at radius 1 is 1.10 bits per heavy atom. The van der Waals surface area contributed by atoms with Gasteiger partial charge in [0.15, 0.2) is 0 Å². The van der Waals surface area contributed by atoms with E-state index in [1.165, 1.54) is 6.92 Å². The van der Waals surface area contributed by atoms with Crippen molar-refractivity contribution < 1.29 is 45.8 Å². The minimum Gasteiger partial charge on any atom is -0.467 e. The first-order valence-corrected chi connectivity index (χ1v) is 8.39. The zero-order valence-corrected chi connectivity index (χ0v) is 15.8. The monoisotopic (exact) mass is 438 g/mol. The molecule has 0 aliphatic heterocycles. The molecular weight excluding hydrogens is 419 g/mol. The molecule has 1 aromatic carbocycles. The molecule has 7 nitrogen and oxygen atoms in total. The van der Waals surface area contributed by atoms with E-state index in [1.807, 2.05) is 0 Å². The molecule has 2 atom stereocenters. The number of halogens is 5. The highest BCUT2D eigenvalue weighted by molar-refractivity contribution is 5.88. The number of carbonyl (C=O) groups excluding carboxylic acids is 3. The molecule has 0 aliphatic carbocycles. The van der Waals surface area contributed by atoms with Crippen LogP contribution in [0.3, 0.4) is 0 Å². The molecule has 0 aromatic heterocycles. The Morgan fingerprint density at radius 3 is 2.23 bits per heavy atom. The van der Waals surface area contributed by atoms with E-state index in [0.717, 1.165) is 7.11 Å². The van der Waals surface area contributed by atoms with E-state index < -0.39 is 42.2 Å². The Balaban J connectivity index is 2.84. The second kappa shape index (κ2) is 10.6. The number of nitrogens with one attached hydrogen (secondary N) is 2. The number of hydrogen-bond donors (Lipinski definition) is 2. The molecule has 30 heavy (non-hydrogen) atoms. The average Bonchev–Trinajstić information content (AvgIpc) is 2.65. The van der Waals surface area contributed by atoms with Gasteiger partial charge in [-0.05, 0) is 12.5 Å². The van der Waals surface area contributed by atoms with E-state index in [4.69, 9.17) is 0 Å². The van der Waals surface area contributed by atoms with Crippen molar-refractivity contribution >= 4 is 17.8 Å². The van der Waals surface area contributed by atoms with Crippen molar-refractivity contribution in [2.24, 2.45) is 0 Å². The van der Waals surface area contributed by atoms with Crippen molar-refractivity contribution in [1.29, 1.82) is 0 Å². The fraction of sp³-hybridized carbons (Fsp3) is 0.389. The molecule has 0 aliphatic rings. The summed E-state index contributed by atoms with van der Waals surface area (Å²) in [5.41, 5.74) is 0.662. The summed E-state index contributed by atoms with van der Waals surface area (Å²) in [6, 6.07) is 6.33. The van der Waals surface area contributed by atoms with Gasteiger partial charge >= 0.3 is 24.2 Å². The second-order valence-corrected chi connectivity index (χ2v) is 5.93. The minimum atomic E-state index is -6.07. The first-order chi connectivity index (χ1) is 13.9. The first-order valence-electron chi connectivity index (χ1n) is 8.39. The van der Waals surface area contributed by atoms with E-state index in [0.29, 0.717) is 11.8 Å². The highest BCUT2D eigenvalue weighted by atomic mass is 19.4. The maximum Gasteiger partial charge on any atom is 0.501 e. The van der Waals surface area contributed by atoms with E-state index >= 15 is 0 Å². The van der Waals surface area contributed by atoms with Crippen LogP contribution in [0.4, 0.5) is 22.0 Å². The normalized spacial score (nSPS) is 14.0. The Bertz CT molecular complexity index is 768. The van der Waals surface area contributed by atoms with Crippen LogP contribution < -0.4 is 10.6 Å². The fourth-order valence-corrected chi connectivity index (χ4v) is 2.08. The van der Waals surface area contributed by atoms with Gasteiger partial charge in [-0.3, -0.25) is 4.79 Å². The fourth-order valence-electron chi connectivity index (χ4n) is 2.08. The van der Waals surface area contributed by atoms with Crippen molar-refractivity contribution in [1.82, 2.24) is 10.6 Å². The van der Waals surface area contributed by atoms with Crippen LogP contribution in [-0.4, -0.2) is 49.3 Å². The Kier molecular flexibility index (Phi) is 8.75. The number of amides is 1. The van der Waals surface area contributed by atoms with Crippen molar-refractivity contribution in [3.8, 4) is 0 Å². The first kappa shape index (κ1) is 24.9. The lowest BCUT2D eigenvalue weighted by Gasteiger charge is -2.20. The summed E-state index contributed by atoms with van der Waals surface area (Å²) in [4.78, 5) is 35.1. The Labute approximate surface area is 168 Å². The van der Waals surface area contributed by atoms with Crippen LogP contribution in [0.2, 0.25) is 0 Å². The molecule has 1 aromatic rings. The van der Waals surface area contributed by atoms with E-state index in [9.17, 15) is 36.3 Å². The van der Waals surface area contributed by atoms with Gasteiger partial charge in [0, 0.05) is 18.7 Å². The van der Waals surface area contributed by atoms with Gasteiger partial charge in [-0.25, -0.2) is 9.59 Å². The zero-order chi connectivity index (χ0) is 22.9. The van der Waals surface area contributed by atoms with Gasteiger partial charge in [-0.15, -0.1) is 0 Å². The standard InChI is InChI=1S/C18H19F5N2O5/c1-11(16(28)29-2)25-15(27)13(10-12-6-4-3-5-7-12)24-9-8-14(26)30-18(22,23)17(19,20)21/h3-9,11,13,24H,10H2,1-2H3,(H,25,27)/b9-8+. The van der Waals surface area contributed by atoms with Gasteiger partial charge in [-0.2, -0.15) is 22.0 Å². The van der Waals surface area contributed by atoms with Gasteiger partial charge in [0.2, 0.25) is 5.91 Å². The molecule has 0 saturated carbocycles. The summed E-state index contributed by atoms with van der Waals surface area (Å²) in [7, 11) is 1.12.